The standard InChI is InChI=1S/C9H15NOS/c1-10(2)6-3-4-8-5-7-12-9(8)11/h5,7,11H,3-4,6H2,1-2H3. The van der Waals surface area contributed by atoms with Crippen LogP contribution >= 0.6 is 11.3 Å². The maximum atomic E-state index is 9.32. The molecule has 1 N–H and O–H groups in total. The van der Waals surface area contributed by atoms with Crippen molar-refractivity contribution >= 4 is 11.3 Å². The van der Waals surface area contributed by atoms with Crippen LogP contribution in [0.3, 0.4) is 0 Å². The van der Waals surface area contributed by atoms with E-state index in [0.717, 1.165) is 24.9 Å². The second kappa shape index (κ2) is 4.48. The lowest BCUT2D eigenvalue weighted by Crippen LogP contribution is -2.13. The molecule has 1 aromatic rings. The zero-order valence-electron chi connectivity index (χ0n) is 7.58. The highest BCUT2D eigenvalue weighted by molar-refractivity contribution is 7.11. The zero-order valence-corrected chi connectivity index (χ0v) is 8.40. The van der Waals surface area contributed by atoms with Crippen LogP contribution in [0, 0.1) is 0 Å². The Labute approximate surface area is 77.5 Å². The lowest BCUT2D eigenvalue weighted by molar-refractivity contribution is 0.398. The predicted molar refractivity (Wildman–Crippen MR) is 52.9 cm³/mol. The summed E-state index contributed by atoms with van der Waals surface area (Å²) in [4.78, 5) is 2.16. The molecule has 68 valence electrons. The first-order valence-electron chi connectivity index (χ1n) is 4.10. The molecule has 3 heteroatoms. The third-order valence-electron chi connectivity index (χ3n) is 1.78. The number of aromatic hydroxyl groups is 1. The number of hydrogen-bond acceptors (Lipinski definition) is 3. The van der Waals surface area contributed by atoms with Gasteiger partial charge in [-0.1, -0.05) is 0 Å². The first-order valence-corrected chi connectivity index (χ1v) is 4.98. The van der Waals surface area contributed by atoms with Crippen LogP contribution in [0.15, 0.2) is 11.4 Å². The SMILES string of the molecule is CN(C)CCCc1ccsc1O. The van der Waals surface area contributed by atoms with E-state index in [9.17, 15) is 5.11 Å². The highest BCUT2D eigenvalue weighted by Crippen LogP contribution is 2.24. The van der Waals surface area contributed by atoms with Crippen LogP contribution in [0.25, 0.3) is 0 Å². The molecule has 2 nitrogen and oxygen atoms in total. The summed E-state index contributed by atoms with van der Waals surface area (Å²) in [5.41, 5.74) is 1.09. The van der Waals surface area contributed by atoms with E-state index in [2.05, 4.69) is 19.0 Å². The summed E-state index contributed by atoms with van der Waals surface area (Å²) in [6.07, 6.45) is 2.09. The van der Waals surface area contributed by atoms with Crippen molar-refractivity contribution in [1.82, 2.24) is 4.90 Å². The number of nitrogens with zero attached hydrogens (tertiary/aromatic N) is 1. The molecule has 0 radical (unpaired) electrons. The quantitative estimate of drug-likeness (QED) is 0.775. The maximum Gasteiger partial charge on any atom is 0.174 e. The predicted octanol–water partition coefficient (Wildman–Crippen LogP) is 1.95. The fourth-order valence-electron chi connectivity index (χ4n) is 1.10. The average molecular weight is 185 g/mol. The first-order chi connectivity index (χ1) is 5.70. The minimum absolute atomic E-state index is 0.480. The van der Waals surface area contributed by atoms with Gasteiger partial charge in [0.1, 0.15) is 0 Å². The average Bonchev–Trinajstić information content (AvgIpc) is 2.36. The molecule has 0 atom stereocenters. The lowest BCUT2D eigenvalue weighted by Gasteiger charge is -2.07. The van der Waals surface area contributed by atoms with Gasteiger partial charge in [0.2, 0.25) is 0 Å². The van der Waals surface area contributed by atoms with Gasteiger partial charge in [-0.05, 0) is 44.9 Å². The van der Waals surface area contributed by atoms with Gasteiger partial charge in [0.25, 0.3) is 0 Å². The van der Waals surface area contributed by atoms with Gasteiger partial charge in [-0.2, -0.15) is 0 Å². The minimum Gasteiger partial charge on any atom is -0.499 e. The van der Waals surface area contributed by atoms with Crippen LogP contribution in [-0.2, 0) is 6.42 Å². The van der Waals surface area contributed by atoms with Gasteiger partial charge in [-0.25, -0.2) is 0 Å². The third-order valence-corrected chi connectivity index (χ3v) is 2.53. The van der Waals surface area contributed by atoms with E-state index in [1.807, 2.05) is 11.4 Å². The Bertz CT molecular complexity index is 232. The molecule has 1 aromatic heterocycles. The van der Waals surface area contributed by atoms with Crippen LogP contribution in [0.5, 0.6) is 5.06 Å². The van der Waals surface area contributed by atoms with Crippen molar-refractivity contribution in [1.29, 1.82) is 0 Å². The fourth-order valence-corrected chi connectivity index (χ4v) is 1.79. The molecule has 0 aliphatic rings. The second-order valence-corrected chi connectivity index (χ2v) is 4.05. The highest BCUT2D eigenvalue weighted by Gasteiger charge is 2.01. The van der Waals surface area contributed by atoms with Gasteiger partial charge in [0, 0.05) is 5.56 Å². The van der Waals surface area contributed by atoms with E-state index >= 15 is 0 Å². The van der Waals surface area contributed by atoms with Crippen LogP contribution in [0.2, 0.25) is 0 Å². The smallest absolute Gasteiger partial charge is 0.174 e. The Kier molecular flexibility index (Phi) is 3.56. The van der Waals surface area contributed by atoms with Gasteiger partial charge in [0.05, 0.1) is 0 Å². The topological polar surface area (TPSA) is 23.5 Å². The number of thiophene rings is 1. The molecular formula is C9H15NOS. The van der Waals surface area contributed by atoms with E-state index in [4.69, 9.17) is 0 Å². The summed E-state index contributed by atoms with van der Waals surface area (Å²) in [6, 6.07) is 2.00. The molecule has 0 fully saturated rings. The molecular weight excluding hydrogens is 170 g/mol. The third kappa shape index (κ3) is 2.83. The van der Waals surface area contributed by atoms with Gasteiger partial charge in [-0.3, -0.25) is 0 Å². The van der Waals surface area contributed by atoms with Crippen molar-refractivity contribution in [2.24, 2.45) is 0 Å². The Morgan fingerprint density at radius 1 is 1.50 bits per heavy atom. The van der Waals surface area contributed by atoms with Crippen molar-refractivity contribution in [2.75, 3.05) is 20.6 Å². The van der Waals surface area contributed by atoms with Crippen molar-refractivity contribution in [2.45, 2.75) is 12.8 Å². The van der Waals surface area contributed by atoms with Crippen molar-refractivity contribution in [3.8, 4) is 5.06 Å². The summed E-state index contributed by atoms with van der Waals surface area (Å²) in [5, 5.41) is 11.7. The Morgan fingerprint density at radius 3 is 2.75 bits per heavy atom. The lowest BCUT2D eigenvalue weighted by atomic mass is 10.2. The summed E-state index contributed by atoms with van der Waals surface area (Å²) in [6.45, 7) is 1.08. The first kappa shape index (κ1) is 9.55. The second-order valence-electron chi connectivity index (χ2n) is 3.16. The van der Waals surface area contributed by atoms with Gasteiger partial charge in [0.15, 0.2) is 5.06 Å². The molecule has 1 rings (SSSR count). The van der Waals surface area contributed by atoms with Crippen molar-refractivity contribution < 1.29 is 5.11 Å². The molecule has 0 aliphatic carbocycles. The van der Waals surface area contributed by atoms with E-state index in [0.29, 0.717) is 5.06 Å². The van der Waals surface area contributed by atoms with Crippen molar-refractivity contribution in [3.05, 3.63) is 17.0 Å². The Morgan fingerprint density at radius 2 is 2.25 bits per heavy atom. The summed E-state index contributed by atoms with van der Waals surface area (Å²) < 4.78 is 0. The zero-order chi connectivity index (χ0) is 8.97. The van der Waals surface area contributed by atoms with Crippen LogP contribution in [-0.4, -0.2) is 30.6 Å². The molecule has 0 amide bonds. The van der Waals surface area contributed by atoms with E-state index in [1.54, 1.807) is 0 Å². The summed E-state index contributed by atoms with van der Waals surface area (Å²) in [7, 11) is 4.13. The molecule has 0 spiro atoms. The van der Waals surface area contributed by atoms with Gasteiger partial charge < -0.3 is 10.0 Å². The normalized spacial score (nSPS) is 10.9. The largest absolute Gasteiger partial charge is 0.499 e. The molecule has 1 heterocycles. The maximum absolute atomic E-state index is 9.32. The molecule has 0 aromatic carbocycles. The number of aryl methyl sites for hydroxylation is 1. The van der Waals surface area contributed by atoms with Gasteiger partial charge >= 0.3 is 0 Å². The van der Waals surface area contributed by atoms with Crippen LogP contribution in [0.4, 0.5) is 0 Å². The number of rotatable bonds is 4. The van der Waals surface area contributed by atoms with Crippen LogP contribution in [0.1, 0.15) is 12.0 Å². The molecule has 0 aliphatic heterocycles. The van der Waals surface area contributed by atoms with E-state index < -0.39 is 0 Å². The molecule has 0 bridgehead atoms. The molecule has 0 saturated heterocycles. The highest BCUT2D eigenvalue weighted by atomic mass is 32.1. The van der Waals surface area contributed by atoms with E-state index in [1.165, 1.54) is 11.3 Å². The molecule has 0 unspecified atom stereocenters. The summed E-state index contributed by atoms with van der Waals surface area (Å²) >= 11 is 1.41. The minimum atomic E-state index is 0.480. The van der Waals surface area contributed by atoms with Gasteiger partial charge in [-0.15, -0.1) is 11.3 Å². The molecule has 12 heavy (non-hydrogen) atoms. The fraction of sp³-hybridized carbons (Fsp3) is 0.556. The Balaban J connectivity index is 2.29. The van der Waals surface area contributed by atoms with Crippen LogP contribution < -0.4 is 0 Å². The Hall–Kier alpha value is -0.540. The number of hydrogen-bond donors (Lipinski definition) is 1. The monoisotopic (exact) mass is 185 g/mol. The summed E-state index contributed by atoms with van der Waals surface area (Å²) in [5.74, 6) is 0. The van der Waals surface area contributed by atoms with Crippen molar-refractivity contribution in [3.63, 3.8) is 0 Å². The molecule has 0 saturated carbocycles. The van der Waals surface area contributed by atoms with E-state index in [-0.39, 0.29) is 0 Å².